The number of aromatic nitrogens is 2. The SMILES string of the molecule is O=C(OCc1ccccc1)c1ccc(=O)[nH]n1. The average molecular weight is 230 g/mol. The number of hydrogen-bond donors (Lipinski definition) is 1. The quantitative estimate of drug-likeness (QED) is 0.802. The van der Waals surface area contributed by atoms with Crippen molar-refractivity contribution < 1.29 is 9.53 Å². The number of nitrogens with zero attached hydrogens (tertiary/aromatic N) is 1. The Labute approximate surface area is 97.1 Å². The van der Waals surface area contributed by atoms with Crippen molar-refractivity contribution in [3.05, 3.63) is 64.1 Å². The number of benzene rings is 1. The molecule has 86 valence electrons. The zero-order valence-corrected chi connectivity index (χ0v) is 8.92. The van der Waals surface area contributed by atoms with Crippen molar-refractivity contribution in [2.75, 3.05) is 0 Å². The Kier molecular flexibility index (Phi) is 3.30. The molecule has 0 radical (unpaired) electrons. The van der Waals surface area contributed by atoms with Gasteiger partial charge in [-0.2, -0.15) is 5.10 Å². The van der Waals surface area contributed by atoms with Gasteiger partial charge in [0.2, 0.25) is 0 Å². The maximum absolute atomic E-state index is 11.5. The first-order chi connectivity index (χ1) is 8.25. The van der Waals surface area contributed by atoms with E-state index in [-0.39, 0.29) is 17.9 Å². The third-order valence-electron chi connectivity index (χ3n) is 2.10. The molecule has 0 bridgehead atoms. The highest BCUT2D eigenvalue weighted by Crippen LogP contribution is 2.02. The highest BCUT2D eigenvalue weighted by Gasteiger charge is 2.08. The van der Waals surface area contributed by atoms with Gasteiger partial charge in [0.05, 0.1) is 0 Å². The van der Waals surface area contributed by atoms with Crippen molar-refractivity contribution in [3.8, 4) is 0 Å². The molecule has 0 spiro atoms. The first kappa shape index (κ1) is 11.1. The molecule has 1 aromatic carbocycles. The highest BCUT2D eigenvalue weighted by atomic mass is 16.5. The van der Waals surface area contributed by atoms with Gasteiger partial charge in [-0.05, 0) is 11.6 Å². The van der Waals surface area contributed by atoms with Gasteiger partial charge in [0.15, 0.2) is 5.69 Å². The molecule has 17 heavy (non-hydrogen) atoms. The first-order valence-electron chi connectivity index (χ1n) is 5.02. The lowest BCUT2D eigenvalue weighted by atomic mass is 10.2. The Balaban J connectivity index is 1.98. The maximum atomic E-state index is 11.5. The number of rotatable bonds is 3. The Morgan fingerprint density at radius 1 is 1.18 bits per heavy atom. The summed E-state index contributed by atoms with van der Waals surface area (Å²) in [6.07, 6.45) is 0. The van der Waals surface area contributed by atoms with Gasteiger partial charge in [-0.25, -0.2) is 9.89 Å². The third kappa shape index (κ3) is 3.01. The zero-order valence-electron chi connectivity index (χ0n) is 8.92. The minimum absolute atomic E-state index is 0.0838. The van der Waals surface area contributed by atoms with Crippen LogP contribution in [0.3, 0.4) is 0 Å². The van der Waals surface area contributed by atoms with Gasteiger partial charge < -0.3 is 4.74 Å². The van der Waals surface area contributed by atoms with Crippen molar-refractivity contribution in [2.45, 2.75) is 6.61 Å². The lowest BCUT2D eigenvalue weighted by Crippen LogP contribution is -2.13. The van der Waals surface area contributed by atoms with E-state index in [2.05, 4.69) is 10.2 Å². The Hall–Kier alpha value is -2.43. The molecular formula is C12H10N2O3. The molecule has 0 fully saturated rings. The zero-order chi connectivity index (χ0) is 12.1. The van der Waals surface area contributed by atoms with Crippen LogP contribution in [0.15, 0.2) is 47.3 Å². The number of ether oxygens (including phenoxy) is 1. The molecule has 2 rings (SSSR count). The van der Waals surface area contributed by atoms with Crippen LogP contribution >= 0.6 is 0 Å². The van der Waals surface area contributed by atoms with Crippen molar-refractivity contribution >= 4 is 5.97 Å². The van der Waals surface area contributed by atoms with Crippen LogP contribution in [0.2, 0.25) is 0 Å². The molecule has 0 aliphatic rings. The number of hydrogen-bond acceptors (Lipinski definition) is 4. The lowest BCUT2D eigenvalue weighted by molar-refractivity contribution is 0.0464. The summed E-state index contributed by atoms with van der Waals surface area (Å²) in [4.78, 5) is 22.3. The number of H-pyrrole nitrogens is 1. The van der Waals surface area contributed by atoms with E-state index in [0.717, 1.165) is 5.56 Å². The third-order valence-corrected chi connectivity index (χ3v) is 2.10. The smallest absolute Gasteiger partial charge is 0.359 e. The van der Waals surface area contributed by atoms with E-state index < -0.39 is 5.97 Å². The van der Waals surface area contributed by atoms with Crippen molar-refractivity contribution in [1.29, 1.82) is 0 Å². The van der Waals surface area contributed by atoms with Crippen LogP contribution < -0.4 is 5.56 Å². The van der Waals surface area contributed by atoms with E-state index in [1.807, 2.05) is 30.3 Å². The monoisotopic (exact) mass is 230 g/mol. The van der Waals surface area contributed by atoms with Crippen LogP contribution in [0.1, 0.15) is 16.1 Å². The molecule has 5 nitrogen and oxygen atoms in total. The summed E-state index contributed by atoms with van der Waals surface area (Å²) in [6.45, 7) is 0.181. The van der Waals surface area contributed by atoms with Gasteiger partial charge in [-0.3, -0.25) is 4.79 Å². The predicted octanol–water partition coefficient (Wildman–Crippen LogP) is 1.13. The Morgan fingerprint density at radius 2 is 1.94 bits per heavy atom. The van der Waals surface area contributed by atoms with Crippen LogP contribution in [-0.4, -0.2) is 16.2 Å². The summed E-state index contributed by atoms with van der Waals surface area (Å²) < 4.78 is 5.03. The second-order valence-corrected chi connectivity index (χ2v) is 3.37. The number of nitrogens with one attached hydrogen (secondary N) is 1. The van der Waals surface area contributed by atoms with Crippen molar-refractivity contribution in [2.24, 2.45) is 0 Å². The summed E-state index contributed by atoms with van der Waals surface area (Å²) in [5, 5.41) is 5.75. The molecule has 5 heteroatoms. The van der Waals surface area contributed by atoms with Gasteiger partial charge in [0.25, 0.3) is 5.56 Å². The standard InChI is InChI=1S/C12H10N2O3/c15-11-7-6-10(13-14-11)12(16)17-8-9-4-2-1-3-5-9/h1-7H,8H2,(H,14,15). The molecule has 1 aromatic heterocycles. The van der Waals surface area contributed by atoms with E-state index >= 15 is 0 Å². The van der Waals surface area contributed by atoms with Gasteiger partial charge in [0.1, 0.15) is 6.61 Å². The molecule has 0 saturated carbocycles. The predicted molar refractivity (Wildman–Crippen MR) is 60.4 cm³/mol. The summed E-state index contributed by atoms with van der Waals surface area (Å²) in [5.74, 6) is -0.565. The maximum Gasteiger partial charge on any atom is 0.359 e. The van der Waals surface area contributed by atoms with E-state index in [9.17, 15) is 9.59 Å². The Bertz CT molecular complexity index is 543. The summed E-state index contributed by atoms with van der Waals surface area (Å²) in [7, 11) is 0. The molecule has 1 heterocycles. The largest absolute Gasteiger partial charge is 0.456 e. The molecule has 0 aliphatic carbocycles. The van der Waals surface area contributed by atoms with Crippen molar-refractivity contribution in [1.82, 2.24) is 10.2 Å². The summed E-state index contributed by atoms with van der Waals surface area (Å²) >= 11 is 0. The number of carbonyl (C=O) groups excluding carboxylic acids is 1. The van der Waals surface area contributed by atoms with Crippen LogP contribution in [0.5, 0.6) is 0 Å². The molecule has 0 saturated heterocycles. The topological polar surface area (TPSA) is 72.1 Å². The molecule has 0 unspecified atom stereocenters. The normalized spacial score (nSPS) is 9.88. The fourth-order valence-electron chi connectivity index (χ4n) is 1.26. The molecule has 0 amide bonds. The highest BCUT2D eigenvalue weighted by molar-refractivity contribution is 5.86. The number of esters is 1. The van der Waals surface area contributed by atoms with E-state index in [1.54, 1.807) is 0 Å². The van der Waals surface area contributed by atoms with E-state index in [1.165, 1.54) is 12.1 Å². The molecular weight excluding hydrogens is 220 g/mol. The second-order valence-electron chi connectivity index (χ2n) is 3.37. The van der Waals surface area contributed by atoms with E-state index in [0.29, 0.717) is 0 Å². The second kappa shape index (κ2) is 5.07. The van der Waals surface area contributed by atoms with Crippen LogP contribution in [0.4, 0.5) is 0 Å². The lowest BCUT2D eigenvalue weighted by Gasteiger charge is -2.03. The summed E-state index contributed by atoms with van der Waals surface area (Å²) in [5.41, 5.74) is 0.621. The van der Waals surface area contributed by atoms with Crippen LogP contribution in [0, 0.1) is 0 Å². The summed E-state index contributed by atoms with van der Waals surface area (Å²) in [6, 6.07) is 11.9. The van der Waals surface area contributed by atoms with Crippen LogP contribution in [0.25, 0.3) is 0 Å². The van der Waals surface area contributed by atoms with Gasteiger partial charge >= 0.3 is 5.97 Å². The minimum Gasteiger partial charge on any atom is -0.456 e. The van der Waals surface area contributed by atoms with Gasteiger partial charge in [-0.15, -0.1) is 0 Å². The molecule has 2 aromatic rings. The minimum atomic E-state index is -0.565. The average Bonchev–Trinajstić information content (AvgIpc) is 2.38. The van der Waals surface area contributed by atoms with E-state index in [4.69, 9.17) is 4.74 Å². The molecule has 1 N–H and O–H groups in total. The van der Waals surface area contributed by atoms with Gasteiger partial charge in [-0.1, -0.05) is 30.3 Å². The van der Waals surface area contributed by atoms with Crippen molar-refractivity contribution in [3.63, 3.8) is 0 Å². The molecule has 0 aliphatic heterocycles. The first-order valence-corrected chi connectivity index (χ1v) is 5.02. The van der Waals surface area contributed by atoms with Crippen LogP contribution in [-0.2, 0) is 11.3 Å². The number of aromatic amines is 1. The number of carbonyl (C=O) groups is 1. The molecule has 0 atom stereocenters. The fraction of sp³-hybridized carbons (Fsp3) is 0.0833. The fourth-order valence-corrected chi connectivity index (χ4v) is 1.26. The Morgan fingerprint density at radius 3 is 2.59 bits per heavy atom. The van der Waals surface area contributed by atoms with Gasteiger partial charge in [0, 0.05) is 6.07 Å².